The van der Waals surface area contributed by atoms with Gasteiger partial charge in [0.25, 0.3) is 0 Å². The molecule has 5 heteroatoms. The van der Waals surface area contributed by atoms with Gasteiger partial charge >= 0.3 is 0 Å². The Hall–Kier alpha value is -1.07. The third-order valence-electron chi connectivity index (χ3n) is 3.02. The normalized spacial score (nSPS) is 13.5. The summed E-state index contributed by atoms with van der Waals surface area (Å²) in [5.41, 5.74) is 0.660. The second-order valence-electron chi connectivity index (χ2n) is 5.22. The quantitative estimate of drug-likeness (QED) is 0.809. The molecule has 0 aromatic heterocycles. The van der Waals surface area contributed by atoms with Gasteiger partial charge in [-0.25, -0.2) is 13.1 Å². The fourth-order valence-electron chi connectivity index (χ4n) is 1.85. The van der Waals surface area contributed by atoms with Gasteiger partial charge in [-0.3, -0.25) is 0 Å². The van der Waals surface area contributed by atoms with Crippen LogP contribution in [0.4, 0.5) is 5.69 Å². The van der Waals surface area contributed by atoms with E-state index in [-0.39, 0.29) is 6.04 Å². The summed E-state index contributed by atoms with van der Waals surface area (Å²) in [6, 6.07) is 7.23. The second-order valence-corrected chi connectivity index (χ2v) is 7.08. The van der Waals surface area contributed by atoms with Crippen molar-refractivity contribution in [1.29, 1.82) is 0 Å². The first-order valence-corrected chi connectivity index (χ1v) is 8.14. The van der Waals surface area contributed by atoms with Crippen LogP contribution in [0, 0.1) is 5.92 Å². The molecule has 1 unspecified atom stereocenters. The molecule has 0 radical (unpaired) electrons. The number of benzene rings is 1. The van der Waals surface area contributed by atoms with Crippen LogP contribution >= 0.6 is 0 Å². The summed E-state index contributed by atoms with van der Waals surface area (Å²) in [4.78, 5) is 0.300. The van der Waals surface area contributed by atoms with E-state index < -0.39 is 10.0 Å². The summed E-state index contributed by atoms with van der Waals surface area (Å²) >= 11 is 0. The molecule has 108 valence electrons. The lowest BCUT2D eigenvalue weighted by molar-refractivity contribution is 0.527. The average Bonchev–Trinajstić information content (AvgIpc) is 2.37. The summed E-state index contributed by atoms with van der Waals surface area (Å²) in [6.45, 7) is 6.45. The number of hydrogen-bond acceptors (Lipinski definition) is 3. The lowest BCUT2D eigenvalue weighted by Crippen LogP contribution is -2.22. The Kier molecular flexibility index (Phi) is 5.82. The van der Waals surface area contributed by atoms with Crippen LogP contribution in [0.15, 0.2) is 29.2 Å². The largest absolute Gasteiger partial charge is 0.381 e. The topological polar surface area (TPSA) is 58.2 Å². The SMILES string of the molecule is CNS(=O)(=O)c1ccccc1NC(C)CCC(C)C. The van der Waals surface area contributed by atoms with Gasteiger partial charge in [0.05, 0.1) is 5.69 Å². The number of rotatable bonds is 7. The summed E-state index contributed by atoms with van der Waals surface area (Å²) in [6.07, 6.45) is 2.14. The molecule has 2 N–H and O–H groups in total. The van der Waals surface area contributed by atoms with E-state index in [1.807, 2.05) is 6.07 Å². The van der Waals surface area contributed by atoms with Crippen molar-refractivity contribution in [2.45, 2.75) is 44.6 Å². The van der Waals surface area contributed by atoms with E-state index in [1.54, 1.807) is 18.2 Å². The minimum atomic E-state index is -3.42. The number of anilines is 1. The highest BCUT2D eigenvalue weighted by Gasteiger charge is 2.17. The molecule has 0 fully saturated rings. The molecule has 0 saturated heterocycles. The zero-order valence-corrected chi connectivity index (χ0v) is 12.9. The molecule has 0 bridgehead atoms. The number of nitrogens with one attached hydrogen (secondary N) is 2. The van der Waals surface area contributed by atoms with E-state index >= 15 is 0 Å². The lowest BCUT2D eigenvalue weighted by Gasteiger charge is -2.18. The molecule has 1 aromatic rings. The van der Waals surface area contributed by atoms with Gasteiger partial charge in [0, 0.05) is 6.04 Å². The van der Waals surface area contributed by atoms with E-state index in [9.17, 15) is 8.42 Å². The molecule has 19 heavy (non-hydrogen) atoms. The minimum absolute atomic E-state index is 0.246. The van der Waals surface area contributed by atoms with Crippen LogP contribution < -0.4 is 10.0 Å². The highest BCUT2D eigenvalue weighted by Crippen LogP contribution is 2.22. The molecule has 0 heterocycles. The third-order valence-corrected chi connectivity index (χ3v) is 4.50. The van der Waals surface area contributed by atoms with Crippen LogP contribution in [0.1, 0.15) is 33.6 Å². The molecule has 1 aromatic carbocycles. The van der Waals surface area contributed by atoms with Crippen LogP contribution in [0.25, 0.3) is 0 Å². The zero-order chi connectivity index (χ0) is 14.5. The van der Waals surface area contributed by atoms with E-state index in [0.717, 1.165) is 12.8 Å². The molecule has 0 aliphatic carbocycles. The predicted octanol–water partition coefficient (Wildman–Crippen LogP) is 2.83. The molecule has 0 aliphatic heterocycles. The lowest BCUT2D eigenvalue weighted by atomic mass is 10.0. The highest BCUT2D eigenvalue weighted by atomic mass is 32.2. The maximum atomic E-state index is 11.9. The van der Waals surface area contributed by atoms with Crippen molar-refractivity contribution in [3.8, 4) is 0 Å². The Balaban J connectivity index is 2.84. The molecule has 1 rings (SSSR count). The van der Waals surface area contributed by atoms with Crippen molar-refractivity contribution in [1.82, 2.24) is 4.72 Å². The molecule has 0 amide bonds. The molecular formula is C14H24N2O2S. The highest BCUT2D eigenvalue weighted by molar-refractivity contribution is 7.89. The van der Waals surface area contributed by atoms with Crippen LogP contribution in [-0.2, 0) is 10.0 Å². The molecule has 1 atom stereocenters. The molecule has 4 nitrogen and oxygen atoms in total. The van der Waals surface area contributed by atoms with Crippen LogP contribution in [0.3, 0.4) is 0 Å². The molecule has 0 saturated carbocycles. The van der Waals surface area contributed by atoms with Crippen molar-refractivity contribution < 1.29 is 8.42 Å². The van der Waals surface area contributed by atoms with Crippen LogP contribution in [0.5, 0.6) is 0 Å². The fourth-order valence-corrected chi connectivity index (χ4v) is 2.75. The van der Waals surface area contributed by atoms with Gasteiger partial charge in [0.1, 0.15) is 4.90 Å². The van der Waals surface area contributed by atoms with Crippen molar-refractivity contribution in [2.24, 2.45) is 5.92 Å². The van der Waals surface area contributed by atoms with Crippen molar-refractivity contribution in [3.63, 3.8) is 0 Å². The summed E-state index contributed by atoms with van der Waals surface area (Å²) in [5, 5.41) is 3.29. The molecule has 0 spiro atoms. The molecular weight excluding hydrogens is 260 g/mol. The average molecular weight is 284 g/mol. The minimum Gasteiger partial charge on any atom is -0.381 e. The Labute approximate surface area is 116 Å². The van der Waals surface area contributed by atoms with Crippen LogP contribution in [0.2, 0.25) is 0 Å². The standard InChI is InChI=1S/C14H24N2O2S/c1-11(2)9-10-12(3)16-13-7-5-6-8-14(13)19(17,18)15-4/h5-8,11-12,15-16H,9-10H2,1-4H3. The van der Waals surface area contributed by atoms with Gasteiger partial charge < -0.3 is 5.32 Å². The van der Waals surface area contributed by atoms with E-state index in [0.29, 0.717) is 16.5 Å². The van der Waals surface area contributed by atoms with E-state index in [2.05, 4.69) is 30.8 Å². The zero-order valence-electron chi connectivity index (χ0n) is 12.1. The Morgan fingerprint density at radius 2 is 1.74 bits per heavy atom. The summed E-state index contributed by atoms with van der Waals surface area (Å²) < 4.78 is 26.2. The van der Waals surface area contributed by atoms with Gasteiger partial charge in [-0.2, -0.15) is 0 Å². The van der Waals surface area contributed by atoms with Gasteiger partial charge in [0.2, 0.25) is 10.0 Å². The number of sulfonamides is 1. The maximum absolute atomic E-state index is 11.9. The Morgan fingerprint density at radius 1 is 1.11 bits per heavy atom. The van der Waals surface area contributed by atoms with Gasteiger partial charge in [-0.05, 0) is 44.9 Å². The third kappa shape index (κ3) is 4.84. The number of hydrogen-bond donors (Lipinski definition) is 2. The molecule has 0 aliphatic rings. The van der Waals surface area contributed by atoms with Crippen LogP contribution in [-0.4, -0.2) is 21.5 Å². The van der Waals surface area contributed by atoms with Gasteiger partial charge in [-0.1, -0.05) is 26.0 Å². The summed E-state index contributed by atoms with van der Waals surface area (Å²) in [7, 11) is -1.99. The Morgan fingerprint density at radius 3 is 2.32 bits per heavy atom. The predicted molar refractivity (Wildman–Crippen MR) is 79.8 cm³/mol. The first-order chi connectivity index (χ1) is 8.86. The summed E-state index contributed by atoms with van der Waals surface area (Å²) in [5.74, 6) is 0.653. The first kappa shape index (κ1) is 16.0. The smallest absolute Gasteiger partial charge is 0.242 e. The van der Waals surface area contributed by atoms with Crippen molar-refractivity contribution >= 4 is 15.7 Å². The van der Waals surface area contributed by atoms with E-state index in [1.165, 1.54) is 7.05 Å². The maximum Gasteiger partial charge on any atom is 0.242 e. The first-order valence-electron chi connectivity index (χ1n) is 6.66. The fraction of sp³-hybridized carbons (Fsp3) is 0.571. The van der Waals surface area contributed by atoms with Gasteiger partial charge in [0.15, 0.2) is 0 Å². The van der Waals surface area contributed by atoms with E-state index in [4.69, 9.17) is 0 Å². The van der Waals surface area contributed by atoms with Crippen molar-refractivity contribution in [3.05, 3.63) is 24.3 Å². The van der Waals surface area contributed by atoms with Crippen molar-refractivity contribution in [2.75, 3.05) is 12.4 Å². The second kappa shape index (κ2) is 6.91. The number of para-hydroxylation sites is 1. The Bertz CT molecular complexity index is 498. The monoisotopic (exact) mass is 284 g/mol. The van der Waals surface area contributed by atoms with Gasteiger partial charge in [-0.15, -0.1) is 0 Å².